The van der Waals surface area contributed by atoms with E-state index in [9.17, 15) is 4.79 Å². The van der Waals surface area contributed by atoms with Gasteiger partial charge in [-0.2, -0.15) is 0 Å². The van der Waals surface area contributed by atoms with Crippen LogP contribution in [0.4, 0.5) is 0 Å². The topological polar surface area (TPSA) is 33.2 Å². The van der Waals surface area contributed by atoms with Crippen LogP contribution in [0.3, 0.4) is 0 Å². The first-order chi connectivity index (χ1) is 7.72. The molecular weight excluding hydrogens is 220 g/mol. The van der Waals surface area contributed by atoms with Crippen LogP contribution in [0.1, 0.15) is 26.2 Å². The number of nitrogens with zero attached hydrogens (tertiary/aromatic N) is 2. The summed E-state index contributed by atoms with van der Waals surface area (Å²) < 4.78 is 1.93. The molecule has 0 N–H and O–H groups in total. The Balaban J connectivity index is 2.30. The monoisotopic (exact) mass is 238 g/mol. The third-order valence-corrected chi connectivity index (χ3v) is 2.96. The molecule has 1 aromatic rings. The molecule has 88 valence electrons. The van der Waals surface area contributed by atoms with Crippen LogP contribution in [0, 0.1) is 0 Å². The van der Waals surface area contributed by atoms with Gasteiger partial charge in [-0.3, -0.25) is 4.79 Å². The molecular formula is C12H18N2OS. The molecule has 1 rings (SSSR count). The molecule has 16 heavy (non-hydrogen) atoms. The van der Waals surface area contributed by atoms with Crippen LogP contribution in [-0.2, 0) is 4.79 Å². The fraction of sp³-hybridized carbons (Fsp3) is 0.500. The number of Topliss-reactive ketones (excluding diaryl/α,β-unsaturated/α-hetero) is 1. The summed E-state index contributed by atoms with van der Waals surface area (Å²) in [6.45, 7) is 2.58. The maximum absolute atomic E-state index is 11.5. The van der Waals surface area contributed by atoms with Crippen molar-refractivity contribution in [2.45, 2.75) is 31.2 Å². The van der Waals surface area contributed by atoms with Crippen molar-refractivity contribution in [3.05, 3.63) is 24.4 Å². The summed E-state index contributed by atoms with van der Waals surface area (Å²) in [7, 11) is 1.92. The molecule has 0 bridgehead atoms. The molecule has 0 fully saturated rings. The summed E-state index contributed by atoms with van der Waals surface area (Å²) >= 11 is 1.51. The molecule has 0 aromatic carbocycles. The zero-order valence-electron chi connectivity index (χ0n) is 9.85. The maximum atomic E-state index is 11.5. The molecule has 0 amide bonds. The second-order valence-corrected chi connectivity index (χ2v) is 4.91. The van der Waals surface area contributed by atoms with Gasteiger partial charge in [0.2, 0.25) is 0 Å². The summed E-state index contributed by atoms with van der Waals surface area (Å²) in [4.78, 5) is 15.7. The van der Waals surface area contributed by atoms with Crippen LogP contribution in [0.15, 0.2) is 29.4 Å². The minimum atomic E-state index is 0.299. The number of hydrogen-bond acceptors (Lipinski definition) is 4. The molecule has 1 heterocycles. The van der Waals surface area contributed by atoms with E-state index in [2.05, 4.69) is 11.9 Å². The Hall–Kier alpha value is -0.870. The molecule has 0 unspecified atom stereocenters. The number of carbonyl (C=O) groups excluding carboxylic acids is 1. The summed E-state index contributed by atoms with van der Waals surface area (Å²) in [6, 6.07) is 5.77. The Bertz CT molecular complexity index is 316. The van der Waals surface area contributed by atoms with Crippen LogP contribution in [0.2, 0.25) is 0 Å². The van der Waals surface area contributed by atoms with Crippen molar-refractivity contribution >= 4 is 17.7 Å². The van der Waals surface area contributed by atoms with Crippen molar-refractivity contribution in [3.8, 4) is 0 Å². The van der Waals surface area contributed by atoms with Crippen LogP contribution in [0.25, 0.3) is 0 Å². The number of unbranched alkanes of at least 4 members (excludes halogenated alkanes) is 1. The smallest absolute Gasteiger partial charge is 0.147 e. The number of hydrogen-bond donors (Lipinski definition) is 0. The fourth-order valence-corrected chi connectivity index (χ4v) is 2.07. The van der Waals surface area contributed by atoms with Crippen LogP contribution in [-0.4, -0.2) is 28.7 Å². The van der Waals surface area contributed by atoms with Gasteiger partial charge in [-0.05, 0) is 37.5 Å². The van der Waals surface area contributed by atoms with E-state index in [1.807, 2.05) is 29.6 Å². The molecule has 0 radical (unpaired) electrons. The Labute approximate surface area is 101 Å². The second kappa shape index (κ2) is 7.41. The van der Waals surface area contributed by atoms with Gasteiger partial charge in [-0.15, -0.1) is 0 Å². The minimum absolute atomic E-state index is 0.299. The summed E-state index contributed by atoms with van der Waals surface area (Å²) in [5, 5.41) is 0.924. The van der Waals surface area contributed by atoms with E-state index in [1.165, 1.54) is 11.9 Å². The molecule has 0 atom stereocenters. The lowest BCUT2D eigenvalue weighted by Gasteiger charge is -2.13. The Morgan fingerprint density at radius 1 is 1.50 bits per heavy atom. The number of rotatable bonds is 7. The van der Waals surface area contributed by atoms with Crippen molar-refractivity contribution in [2.24, 2.45) is 0 Å². The average molecular weight is 238 g/mol. The van der Waals surface area contributed by atoms with E-state index in [0.29, 0.717) is 18.7 Å². The number of likely N-dealkylation sites (N-methyl/N-ethyl adjacent to an activating group) is 1. The molecule has 4 heteroatoms. The predicted octanol–water partition coefficient (Wildman–Crippen LogP) is 2.78. The van der Waals surface area contributed by atoms with E-state index in [-0.39, 0.29) is 0 Å². The SMILES string of the molecule is CCCCC(=O)CN(C)Sc1ccccn1. The normalized spacial score (nSPS) is 10.7. The Morgan fingerprint density at radius 2 is 2.31 bits per heavy atom. The van der Waals surface area contributed by atoms with E-state index in [1.54, 1.807) is 6.20 Å². The zero-order chi connectivity index (χ0) is 11.8. The van der Waals surface area contributed by atoms with E-state index < -0.39 is 0 Å². The molecule has 0 saturated carbocycles. The molecule has 0 aliphatic heterocycles. The van der Waals surface area contributed by atoms with Gasteiger partial charge < -0.3 is 0 Å². The van der Waals surface area contributed by atoms with Gasteiger partial charge in [0.1, 0.15) is 10.8 Å². The van der Waals surface area contributed by atoms with Crippen molar-refractivity contribution in [1.29, 1.82) is 0 Å². The minimum Gasteiger partial charge on any atom is -0.298 e. The molecule has 0 aliphatic rings. The molecule has 0 saturated heterocycles. The molecule has 0 aliphatic carbocycles. The van der Waals surface area contributed by atoms with E-state index in [4.69, 9.17) is 0 Å². The average Bonchev–Trinajstić information content (AvgIpc) is 2.27. The number of aromatic nitrogens is 1. The first-order valence-corrected chi connectivity index (χ1v) is 6.31. The predicted molar refractivity (Wildman–Crippen MR) is 67.3 cm³/mol. The third kappa shape index (κ3) is 5.28. The van der Waals surface area contributed by atoms with E-state index in [0.717, 1.165) is 17.9 Å². The standard InChI is InChI=1S/C12H18N2OS/c1-3-4-7-11(15)10-14(2)16-12-8-5-6-9-13-12/h5-6,8-9H,3-4,7,10H2,1-2H3. The van der Waals surface area contributed by atoms with Gasteiger partial charge in [-0.1, -0.05) is 19.4 Å². The van der Waals surface area contributed by atoms with Gasteiger partial charge in [0.15, 0.2) is 0 Å². The third-order valence-electron chi connectivity index (χ3n) is 2.10. The lowest BCUT2D eigenvalue weighted by atomic mass is 10.2. The first kappa shape index (κ1) is 13.2. The number of pyridine rings is 1. The summed E-state index contributed by atoms with van der Waals surface area (Å²) in [5.74, 6) is 0.299. The Kier molecular flexibility index (Phi) is 6.11. The largest absolute Gasteiger partial charge is 0.298 e. The lowest BCUT2D eigenvalue weighted by molar-refractivity contribution is -0.119. The van der Waals surface area contributed by atoms with Crippen molar-refractivity contribution in [1.82, 2.24) is 9.29 Å². The zero-order valence-corrected chi connectivity index (χ0v) is 10.7. The maximum Gasteiger partial charge on any atom is 0.147 e. The van der Waals surface area contributed by atoms with Gasteiger partial charge in [0, 0.05) is 12.6 Å². The molecule has 3 nitrogen and oxygen atoms in total. The van der Waals surface area contributed by atoms with Crippen LogP contribution >= 0.6 is 11.9 Å². The highest BCUT2D eigenvalue weighted by atomic mass is 32.2. The quantitative estimate of drug-likeness (QED) is 0.684. The van der Waals surface area contributed by atoms with Crippen LogP contribution in [0.5, 0.6) is 0 Å². The lowest BCUT2D eigenvalue weighted by Crippen LogP contribution is -2.19. The summed E-state index contributed by atoms with van der Waals surface area (Å²) in [5.41, 5.74) is 0. The highest BCUT2D eigenvalue weighted by molar-refractivity contribution is 7.97. The first-order valence-electron chi connectivity index (χ1n) is 5.54. The highest BCUT2D eigenvalue weighted by Crippen LogP contribution is 2.17. The summed E-state index contributed by atoms with van der Waals surface area (Å²) in [6.07, 6.45) is 4.50. The Morgan fingerprint density at radius 3 is 2.94 bits per heavy atom. The molecule has 0 spiro atoms. The van der Waals surface area contributed by atoms with Crippen molar-refractivity contribution < 1.29 is 4.79 Å². The van der Waals surface area contributed by atoms with Gasteiger partial charge in [0.25, 0.3) is 0 Å². The van der Waals surface area contributed by atoms with Crippen LogP contribution < -0.4 is 0 Å². The van der Waals surface area contributed by atoms with Gasteiger partial charge in [0.05, 0.1) is 6.54 Å². The fourth-order valence-electron chi connectivity index (χ4n) is 1.29. The van der Waals surface area contributed by atoms with Crippen molar-refractivity contribution in [2.75, 3.05) is 13.6 Å². The van der Waals surface area contributed by atoms with E-state index >= 15 is 0 Å². The second-order valence-electron chi connectivity index (χ2n) is 3.69. The highest BCUT2D eigenvalue weighted by Gasteiger charge is 2.07. The molecule has 1 aromatic heterocycles. The van der Waals surface area contributed by atoms with Crippen molar-refractivity contribution in [3.63, 3.8) is 0 Å². The van der Waals surface area contributed by atoms with Gasteiger partial charge >= 0.3 is 0 Å². The number of ketones is 1. The number of carbonyl (C=O) groups is 1. The van der Waals surface area contributed by atoms with Gasteiger partial charge in [-0.25, -0.2) is 9.29 Å².